The molecule has 0 unspecified atom stereocenters. The van der Waals surface area contributed by atoms with E-state index in [0.29, 0.717) is 11.3 Å². The van der Waals surface area contributed by atoms with Crippen LogP contribution in [-0.2, 0) is 0 Å². The van der Waals surface area contributed by atoms with Gasteiger partial charge in [-0.1, -0.05) is 30.3 Å². The summed E-state index contributed by atoms with van der Waals surface area (Å²) in [5.41, 5.74) is 2.00. The fourth-order valence-electron chi connectivity index (χ4n) is 1.19. The summed E-state index contributed by atoms with van der Waals surface area (Å²) in [6.45, 7) is 0. The van der Waals surface area contributed by atoms with Crippen molar-refractivity contribution in [2.24, 2.45) is 0 Å². The molecular weight excluding hydrogens is 174 g/mol. The molecule has 1 aromatic carbocycles. The fourth-order valence-corrected chi connectivity index (χ4v) is 1.19. The summed E-state index contributed by atoms with van der Waals surface area (Å²) in [5.74, 6) is 0. The highest BCUT2D eigenvalue weighted by Crippen LogP contribution is 2.18. The highest BCUT2D eigenvalue weighted by molar-refractivity contribution is 5.65. The average molecular weight is 180 g/mol. The van der Waals surface area contributed by atoms with Gasteiger partial charge in [0.15, 0.2) is 6.33 Å². The van der Waals surface area contributed by atoms with E-state index in [1.165, 1.54) is 6.20 Å². The minimum absolute atomic E-state index is 0.468. The first-order valence-electron chi connectivity index (χ1n) is 4.10. The van der Waals surface area contributed by atoms with Gasteiger partial charge in [-0.2, -0.15) is 5.26 Å². The molecule has 1 heterocycles. The molecule has 1 radical (unpaired) electrons. The zero-order chi connectivity index (χ0) is 9.80. The van der Waals surface area contributed by atoms with Crippen LogP contribution < -0.4 is 0 Å². The summed E-state index contributed by atoms with van der Waals surface area (Å²) in [4.78, 5) is 7.64. The zero-order valence-corrected chi connectivity index (χ0v) is 7.31. The Labute approximate surface area is 81.7 Å². The third-order valence-corrected chi connectivity index (χ3v) is 1.84. The van der Waals surface area contributed by atoms with Crippen molar-refractivity contribution in [1.82, 2.24) is 9.97 Å². The van der Waals surface area contributed by atoms with Crippen molar-refractivity contribution in [2.75, 3.05) is 0 Å². The van der Waals surface area contributed by atoms with Gasteiger partial charge >= 0.3 is 0 Å². The summed E-state index contributed by atoms with van der Waals surface area (Å²) < 4.78 is 0. The van der Waals surface area contributed by atoms with E-state index in [1.54, 1.807) is 0 Å². The van der Waals surface area contributed by atoms with Gasteiger partial charge in [-0.3, -0.25) is 0 Å². The van der Waals surface area contributed by atoms with E-state index in [0.717, 1.165) is 5.56 Å². The van der Waals surface area contributed by atoms with E-state index in [1.807, 2.05) is 36.4 Å². The van der Waals surface area contributed by atoms with Crippen LogP contribution in [0, 0.1) is 17.7 Å². The van der Waals surface area contributed by atoms with Crippen LogP contribution in [-0.4, -0.2) is 9.97 Å². The lowest BCUT2D eigenvalue weighted by molar-refractivity contribution is 1.14. The second kappa shape index (κ2) is 3.67. The number of hydrogen-bond acceptors (Lipinski definition) is 3. The Kier molecular flexibility index (Phi) is 2.20. The molecule has 65 valence electrons. The zero-order valence-electron chi connectivity index (χ0n) is 7.31. The monoisotopic (exact) mass is 180 g/mol. The van der Waals surface area contributed by atoms with E-state index in [2.05, 4.69) is 16.3 Å². The lowest BCUT2D eigenvalue weighted by Crippen LogP contribution is -1.90. The number of rotatable bonds is 1. The van der Waals surface area contributed by atoms with Gasteiger partial charge in [0.05, 0.1) is 11.3 Å². The van der Waals surface area contributed by atoms with Gasteiger partial charge in [-0.15, -0.1) is 0 Å². The van der Waals surface area contributed by atoms with Gasteiger partial charge in [0, 0.05) is 11.8 Å². The Balaban J connectivity index is 2.58. The fraction of sp³-hybridized carbons (Fsp3) is 0. The summed E-state index contributed by atoms with van der Waals surface area (Å²) in [6, 6.07) is 11.6. The van der Waals surface area contributed by atoms with Crippen molar-refractivity contribution in [3.8, 4) is 17.3 Å². The minimum atomic E-state index is 0.468. The lowest BCUT2D eigenvalue weighted by atomic mass is 10.1. The highest BCUT2D eigenvalue weighted by atomic mass is 14.8. The summed E-state index contributed by atoms with van der Waals surface area (Å²) in [7, 11) is 0. The van der Waals surface area contributed by atoms with Crippen LogP contribution in [0.4, 0.5) is 0 Å². The Bertz CT molecular complexity index is 471. The molecule has 3 nitrogen and oxygen atoms in total. The number of hydrogen-bond donors (Lipinski definition) is 0. The molecule has 0 spiro atoms. The van der Waals surface area contributed by atoms with E-state index < -0.39 is 0 Å². The topological polar surface area (TPSA) is 49.6 Å². The van der Waals surface area contributed by atoms with E-state index in [4.69, 9.17) is 5.26 Å². The van der Waals surface area contributed by atoms with Crippen molar-refractivity contribution in [1.29, 1.82) is 5.26 Å². The maximum Gasteiger partial charge on any atom is 0.198 e. The molecule has 0 saturated carbocycles. The van der Waals surface area contributed by atoms with E-state index >= 15 is 0 Å². The van der Waals surface area contributed by atoms with Crippen LogP contribution in [0.5, 0.6) is 0 Å². The van der Waals surface area contributed by atoms with Crippen molar-refractivity contribution in [3.63, 3.8) is 0 Å². The van der Waals surface area contributed by atoms with Gasteiger partial charge in [-0.05, 0) is 0 Å². The third-order valence-electron chi connectivity index (χ3n) is 1.84. The predicted octanol–water partition coefficient (Wildman–Crippen LogP) is 1.82. The molecule has 0 N–H and O–H groups in total. The predicted molar refractivity (Wildman–Crippen MR) is 51.0 cm³/mol. The molecule has 0 aliphatic carbocycles. The summed E-state index contributed by atoms with van der Waals surface area (Å²) in [5, 5.41) is 8.84. The molecule has 0 amide bonds. The lowest BCUT2D eigenvalue weighted by Gasteiger charge is -2.00. The van der Waals surface area contributed by atoms with Crippen LogP contribution in [0.2, 0.25) is 0 Å². The molecule has 0 saturated heterocycles. The Morgan fingerprint density at radius 1 is 1.21 bits per heavy atom. The van der Waals surface area contributed by atoms with Gasteiger partial charge in [0.2, 0.25) is 0 Å². The van der Waals surface area contributed by atoms with Gasteiger partial charge in [0.25, 0.3) is 0 Å². The maximum absolute atomic E-state index is 8.84. The molecule has 1 aromatic heterocycles. The Morgan fingerprint density at radius 3 is 2.71 bits per heavy atom. The molecule has 0 atom stereocenters. The highest BCUT2D eigenvalue weighted by Gasteiger charge is 2.04. The molecule has 2 rings (SSSR count). The normalized spacial score (nSPS) is 9.36. The molecule has 0 fully saturated rings. The summed E-state index contributed by atoms with van der Waals surface area (Å²) >= 11 is 0. The van der Waals surface area contributed by atoms with Gasteiger partial charge in [0.1, 0.15) is 6.07 Å². The maximum atomic E-state index is 8.84. The largest absolute Gasteiger partial charge is 0.232 e. The van der Waals surface area contributed by atoms with Gasteiger partial charge in [-0.25, -0.2) is 9.97 Å². The molecular formula is C11H6N3. The summed E-state index contributed by atoms with van der Waals surface area (Å²) in [6.07, 6.45) is 3.95. The van der Waals surface area contributed by atoms with Crippen LogP contribution in [0.25, 0.3) is 11.3 Å². The SMILES string of the molecule is N#Cc1cn[c]nc1-c1ccccc1. The molecule has 0 aliphatic rings. The second-order valence-corrected chi connectivity index (χ2v) is 2.71. The first-order chi connectivity index (χ1) is 6.92. The second-order valence-electron chi connectivity index (χ2n) is 2.71. The van der Waals surface area contributed by atoms with Crippen LogP contribution in [0.1, 0.15) is 5.56 Å². The molecule has 0 bridgehead atoms. The number of nitrogens with zero attached hydrogens (tertiary/aromatic N) is 3. The van der Waals surface area contributed by atoms with Crippen LogP contribution >= 0.6 is 0 Å². The Hall–Kier alpha value is -2.21. The Morgan fingerprint density at radius 2 is 2.00 bits per heavy atom. The van der Waals surface area contributed by atoms with E-state index in [9.17, 15) is 0 Å². The first kappa shape index (κ1) is 8.39. The number of benzene rings is 1. The molecule has 3 heteroatoms. The van der Waals surface area contributed by atoms with E-state index in [-0.39, 0.29) is 0 Å². The minimum Gasteiger partial charge on any atom is -0.232 e. The molecule has 0 aliphatic heterocycles. The first-order valence-corrected chi connectivity index (χ1v) is 4.10. The number of nitriles is 1. The quantitative estimate of drug-likeness (QED) is 0.672. The van der Waals surface area contributed by atoms with Crippen LogP contribution in [0.3, 0.4) is 0 Å². The third kappa shape index (κ3) is 1.46. The van der Waals surface area contributed by atoms with Gasteiger partial charge < -0.3 is 0 Å². The van der Waals surface area contributed by atoms with Crippen molar-refractivity contribution in [2.45, 2.75) is 0 Å². The van der Waals surface area contributed by atoms with Crippen LogP contribution in [0.15, 0.2) is 36.5 Å². The van der Waals surface area contributed by atoms with Crippen molar-refractivity contribution >= 4 is 0 Å². The van der Waals surface area contributed by atoms with Crippen molar-refractivity contribution < 1.29 is 0 Å². The smallest absolute Gasteiger partial charge is 0.198 e. The van der Waals surface area contributed by atoms with Crippen molar-refractivity contribution in [3.05, 3.63) is 48.4 Å². The number of aromatic nitrogens is 2. The standard InChI is InChI=1S/C11H6N3/c12-6-10-7-13-8-14-11(10)9-4-2-1-3-5-9/h1-5,7H. The molecule has 14 heavy (non-hydrogen) atoms. The molecule has 2 aromatic rings. The average Bonchev–Trinajstić information content (AvgIpc) is 2.30.